The molecular formula is C11H22N2. The third kappa shape index (κ3) is 2.68. The van der Waals surface area contributed by atoms with Gasteiger partial charge < -0.3 is 10.2 Å². The van der Waals surface area contributed by atoms with Crippen molar-refractivity contribution in [1.29, 1.82) is 0 Å². The standard InChI is InChI=1S/C11H22N2/c1-2-9-13(10-3-1)11-5-4-7-12-8-6-11/h11-12H,1-10H2/t11-/m0/s1. The third-order valence-electron chi connectivity index (χ3n) is 3.45. The van der Waals surface area contributed by atoms with E-state index >= 15 is 0 Å². The molecule has 13 heavy (non-hydrogen) atoms. The van der Waals surface area contributed by atoms with Gasteiger partial charge in [0.2, 0.25) is 0 Å². The van der Waals surface area contributed by atoms with Gasteiger partial charge in [-0.2, -0.15) is 0 Å². The second-order valence-corrected chi connectivity index (χ2v) is 4.43. The zero-order valence-electron chi connectivity index (χ0n) is 8.60. The molecule has 0 spiro atoms. The first-order chi connectivity index (χ1) is 6.47. The summed E-state index contributed by atoms with van der Waals surface area (Å²) in [5, 5.41) is 3.49. The van der Waals surface area contributed by atoms with Crippen LogP contribution in [0.15, 0.2) is 0 Å². The van der Waals surface area contributed by atoms with Gasteiger partial charge in [-0.1, -0.05) is 6.42 Å². The van der Waals surface area contributed by atoms with Crippen LogP contribution < -0.4 is 5.32 Å². The third-order valence-corrected chi connectivity index (χ3v) is 3.45. The lowest BCUT2D eigenvalue weighted by molar-refractivity contribution is 0.151. The van der Waals surface area contributed by atoms with Gasteiger partial charge in [-0.25, -0.2) is 0 Å². The predicted molar refractivity (Wildman–Crippen MR) is 55.9 cm³/mol. The van der Waals surface area contributed by atoms with Crippen molar-refractivity contribution >= 4 is 0 Å². The molecule has 0 saturated carbocycles. The highest BCUT2D eigenvalue weighted by atomic mass is 15.2. The molecule has 0 radical (unpaired) electrons. The van der Waals surface area contributed by atoms with E-state index in [1.54, 1.807) is 0 Å². The highest BCUT2D eigenvalue weighted by Gasteiger charge is 2.20. The van der Waals surface area contributed by atoms with Crippen molar-refractivity contribution < 1.29 is 0 Å². The minimum Gasteiger partial charge on any atom is -0.317 e. The zero-order valence-corrected chi connectivity index (χ0v) is 8.60. The van der Waals surface area contributed by atoms with E-state index in [1.165, 1.54) is 64.7 Å². The number of hydrogen-bond donors (Lipinski definition) is 1. The molecule has 0 aliphatic carbocycles. The van der Waals surface area contributed by atoms with E-state index in [9.17, 15) is 0 Å². The molecule has 0 aromatic carbocycles. The van der Waals surface area contributed by atoms with Crippen molar-refractivity contribution in [2.24, 2.45) is 0 Å². The number of rotatable bonds is 1. The predicted octanol–water partition coefficient (Wildman–Crippen LogP) is 1.61. The van der Waals surface area contributed by atoms with Gasteiger partial charge in [0.25, 0.3) is 0 Å². The van der Waals surface area contributed by atoms with Gasteiger partial charge in [0.15, 0.2) is 0 Å². The van der Waals surface area contributed by atoms with E-state index in [-0.39, 0.29) is 0 Å². The summed E-state index contributed by atoms with van der Waals surface area (Å²) >= 11 is 0. The lowest BCUT2D eigenvalue weighted by Gasteiger charge is -2.33. The quantitative estimate of drug-likeness (QED) is 0.663. The number of piperidine rings is 1. The van der Waals surface area contributed by atoms with Crippen LogP contribution in [0, 0.1) is 0 Å². The topological polar surface area (TPSA) is 15.3 Å². The van der Waals surface area contributed by atoms with Gasteiger partial charge >= 0.3 is 0 Å². The van der Waals surface area contributed by atoms with Gasteiger partial charge in [-0.05, 0) is 58.3 Å². The lowest BCUT2D eigenvalue weighted by Crippen LogP contribution is -2.39. The summed E-state index contributed by atoms with van der Waals surface area (Å²) in [5.74, 6) is 0. The molecule has 2 fully saturated rings. The van der Waals surface area contributed by atoms with Gasteiger partial charge in [-0.15, -0.1) is 0 Å². The molecule has 2 rings (SSSR count). The Morgan fingerprint density at radius 2 is 1.69 bits per heavy atom. The maximum atomic E-state index is 3.49. The zero-order chi connectivity index (χ0) is 8.93. The van der Waals surface area contributed by atoms with Gasteiger partial charge in [0.05, 0.1) is 0 Å². The molecule has 2 nitrogen and oxygen atoms in total. The van der Waals surface area contributed by atoms with Crippen LogP contribution in [-0.2, 0) is 0 Å². The first-order valence-electron chi connectivity index (χ1n) is 5.91. The van der Waals surface area contributed by atoms with Crippen LogP contribution in [0.3, 0.4) is 0 Å². The Morgan fingerprint density at radius 1 is 0.846 bits per heavy atom. The van der Waals surface area contributed by atoms with Gasteiger partial charge in [0, 0.05) is 6.04 Å². The van der Waals surface area contributed by atoms with E-state index in [0.29, 0.717) is 0 Å². The summed E-state index contributed by atoms with van der Waals surface area (Å²) in [7, 11) is 0. The molecule has 0 aromatic rings. The molecule has 1 N–H and O–H groups in total. The molecule has 0 aromatic heterocycles. The minimum atomic E-state index is 0.898. The van der Waals surface area contributed by atoms with Crippen molar-refractivity contribution in [3.05, 3.63) is 0 Å². The van der Waals surface area contributed by atoms with Crippen LogP contribution in [0.4, 0.5) is 0 Å². The normalized spacial score (nSPS) is 32.8. The van der Waals surface area contributed by atoms with Gasteiger partial charge in [-0.3, -0.25) is 0 Å². The van der Waals surface area contributed by atoms with E-state index in [4.69, 9.17) is 0 Å². The Balaban J connectivity index is 1.82. The summed E-state index contributed by atoms with van der Waals surface area (Å²) in [6.07, 6.45) is 8.50. The Labute approximate surface area is 81.7 Å². The molecule has 2 aliphatic heterocycles. The number of nitrogens with zero attached hydrogens (tertiary/aromatic N) is 1. The van der Waals surface area contributed by atoms with Crippen molar-refractivity contribution in [2.75, 3.05) is 26.2 Å². The highest BCUT2D eigenvalue weighted by molar-refractivity contribution is 4.78. The molecule has 2 aliphatic rings. The first kappa shape index (κ1) is 9.47. The summed E-state index contributed by atoms with van der Waals surface area (Å²) in [6.45, 7) is 5.21. The first-order valence-corrected chi connectivity index (χ1v) is 5.91. The van der Waals surface area contributed by atoms with Crippen LogP contribution in [0.1, 0.15) is 38.5 Å². The Hall–Kier alpha value is -0.0800. The smallest absolute Gasteiger partial charge is 0.0108 e. The Bertz CT molecular complexity index is 133. The fourth-order valence-electron chi connectivity index (χ4n) is 2.65. The molecule has 0 amide bonds. The second-order valence-electron chi connectivity index (χ2n) is 4.43. The maximum Gasteiger partial charge on any atom is 0.0108 e. The molecule has 2 saturated heterocycles. The van der Waals surface area contributed by atoms with Crippen molar-refractivity contribution in [2.45, 2.75) is 44.6 Å². The maximum absolute atomic E-state index is 3.49. The number of hydrogen-bond acceptors (Lipinski definition) is 2. The SMILES string of the molecule is C1CCN([C@H]2CCCNCC2)CC1. The van der Waals surface area contributed by atoms with E-state index in [2.05, 4.69) is 10.2 Å². The van der Waals surface area contributed by atoms with Crippen molar-refractivity contribution in [3.8, 4) is 0 Å². The van der Waals surface area contributed by atoms with Crippen LogP contribution in [0.25, 0.3) is 0 Å². The number of nitrogens with one attached hydrogen (secondary N) is 1. The lowest BCUT2D eigenvalue weighted by atomic mass is 10.0. The molecule has 0 bridgehead atoms. The molecular weight excluding hydrogens is 160 g/mol. The Kier molecular flexibility index (Phi) is 3.62. The molecule has 2 heterocycles. The summed E-state index contributed by atoms with van der Waals surface area (Å²) in [6, 6.07) is 0.898. The van der Waals surface area contributed by atoms with Crippen LogP contribution in [0.2, 0.25) is 0 Å². The fourth-order valence-corrected chi connectivity index (χ4v) is 2.65. The fraction of sp³-hybridized carbons (Fsp3) is 1.00. The van der Waals surface area contributed by atoms with E-state index < -0.39 is 0 Å². The van der Waals surface area contributed by atoms with Crippen molar-refractivity contribution in [3.63, 3.8) is 0 Å². The summed E-state index contributed by atoms with van der Waals surface area (Å²) < 4.78 is 0. The molecule has 0 unspecified atom stereocenters. The van der Waals surface area contributed by atoms with Crippen LogP contribution in [-0.4, -0.2) is 37.1 Å². The molecule has 76 valence electrons. The number of likely N-dealkylation sites (tertiary alicyclic amines) is 1. The highest BCUT2D eigenvalue weighted by Crippen LogP contribution is 2.18. The largest absolute Gasteiger partial charge is 0.317 e. The summed E-state index contributed by atoms with van der Waals surface area (Å²) in [4.78, 5) is 2.73. The Morgan fingerprint density at radius 3 is 2.54 bits per heavy atom. The monoisotopic (exact) mass is 182 g/mol. The molecule has 2 heteroatoms. The van der Waals surface area contributed by atoms with Crippen molar-refractivity contribution in [1.82, 2.24) is 10.2 Å². The van der Waals surface area contributed by atoms with E-state index in [1.807, 2.05) is 0 Å². The second kappa shape index (κ2) is 4.97. The van der Waals surface area contributed by atoms with E-state index in [0.717, 1.165) is 6.04 Å². The average Bonchev–Trinajstić information content (AvgIpc) is 2.47. The molecule has 1 atom stereocenters. The summed E-state index contributed by atoms with van der Waals surface area (Å²) in [5.41, 5.74) is 0. The van der Waals surface area contributed by atoms with Crippen LogP contribution in [0.5, 0.6) is 0 Å². The average molecular weight is 182 g/mol. The minimum absolute atomic E-state index is 0.898. The van der Waals surface area contributed by atoms with Crippen LogP contribution >= 0.6 is 0 Å². The van der Waals surface area contributed by atoms with Gasteiger partial charge in [0.1, 0.15) is 0 Å².